The highest BCUT2D eigenvalue weighted by atomic mass is 79.9. The molecule has 0 unspecified atom stereocenters. The SMILES string of the molecule is COc1ccc(Br)cc1CN1C(=O)CC(C)(C)C1=O. The number of halogens is 1. The number of amides is 2. The molecule has 2 amide bonds. The molecule has 1 heterocycles. The third-order valence-corrected chi connectivity index (χ3v) is 3.78. The van der Waals surface area contributed by atoms with E-state index in [9.17, 15) is 9.59 Å². The lowest BCUT2D eigenvalue weighted by molar-refractivity contribution is -0.141. The van der Waals surface area contributed by atoms with Gasteiger partial charge in [0.15, 0.2) is 0 Å². The summed E-state index contributed by atoms with van der Waals surface area (Å²) < 4.78 is 6.15. The molecule has 2 rings (SSSR count). The number of carbonyl (C=O) groups is 2. The quantitative estimate of drug-likeness (QED) is 0.803. The van der Waals surface area contributed by atoms with E-state index in [0.29, 0.717) is 5.75 Å². The van der Waals surface area contributed by atoms with Gasteiger partial charge in [-0.25, -0.2) is 0 Å². The standard InChI is InChI=1S/C14H16BrNO3/c1-14(2)7-12(17)16(13(14)18)8-9-6-10(15)4-5-11(9)19-3/h4-6H,7-8H2,1-3H3. The summed E-state index contributed by atoms with van der Waals surface area (Å²) in [5.74, 6) is 0.421. The van der Waals surface area contributed by atoms with E-state index in [1.54, 1.807) is 21.0 Å². The molecule has 0 aromatic heterocycles. The Kier molecular flexibility index (Phi) is 3.67. The average Bonchev–Trinajstić information content (AvgIpc) is 2.52. The van der Waals surface area contributed by atoms with E-state index in [2.05, 4.69) is 15.9 Å². The van der Waals surface area contributed by atoms with Gasteiger partial charge in [-0.05, 0) is 18.2 Å². The zero-order valence-corrected chi connectivity index (χ0v) is 12.8. The van der Waals surface area contributed by atoms with Crippen LogP contribution in [0, 0.1) is 5.41 Å². The van der Waals surface area contributed by atoms with Crippen molar-refractivity contribution in [3.8, 4) is 5.75 Å². The van der Waals surface area contributed by atoms with E-state index >= 15 is 0 Å². The second-order valence-corrected chi connectivity index (χ2v) is 6.22. The highest BCUT2D eigenvalue weighted by molar-refractivity contribution is 9.10. The molecule has 1 saturated heterocycles. The van der Waals surface area contributed by atoms with Crippen molar-refractivity contribution in [2.45, 2.75) is 26.8 Å². The summed E-state index contributed by atoms with van der Waals surface area (Å²) in [6, 6.07) is 5.54. The molecule has 0 aliphatic carbocycles. The summed E-state index contributed by atoms with van der Waals surface area (Å²) in [4.78, 5) is 25.4. The number of carbonyl (C=O) groups excluding carboxylic acids is 2. The molecule has 4 nitrogen and oxygen atoms in total. The maximum atomic E-state index is 12.2. The van der Waals surface area contributed by atoms with Gasteiger partial charge in [0.2, 0.25) is 11.8 Å². The van der Waals surface area contributed by atoms with Crippen LogP contribution in [0.1, 0.15) is 25.8 Å². The molecule has 0 bridgehead atoms. The Morgan fingerprint density at radius 3 is 2.58 bits per heavy atom. The highest BCUT2D eigenvalue weighted by Crippen LogP contribution is 2.34. The summed E-state index contributed by atoms with van der Waals surface area (Å²) in [6.45, 7) is 3.85. The Morgan fingerprint density at radius 1 is 1.37 bits per heavy atom. The minimum Gasteiger partial charge on any atom is -0.496 e. The molecule has 5 heteroatoms. The summed E-state index contributed by atoms with van der Waals surface area (Å²) in [5, 5.41) is 0. The molecule has 1 aromatic rings. The van der Waals surface area contributed by atoms with Crippen LogP contribution in [0.15, 0.2) is 22.7 Å². The number of benzene rings is 1. The average molecular weight is 326 g/mol. The molecule has 1 fully saturated rings. The van der Waals surface area contributed by atoms with E-state index in [1.165, 1.54) is 4.90 Å². The first-order valence-corrected chi connectivity index (χ1v) is 6.81. The third kappa shape index (κ3) is 2.66. The summed E-state index contributed by atoms with van der Waals surface area (Å²) in [5.41, 5.74) is 0.215. The molecule has 1 aliphatic rings. The fourth-order valence-electron chi connectivity index (χ4n) is 2.23. The second kappa shape index (κ2) is 4.96. The van der Waals surface area contributed by atoms with E-state index in [-0.39, 0.29) is 24.8 Å². The lowest BCUT2D eigenvalue weighted by Gasteiger charge is -2.19. The first kappa shape index (κ1) is 14.1. The van der Waals surface area contributed by atoms with Crippen molar-refractivity contribution in [2.24, 2.45) is 5.41 Å². The number of methoxy groups -OCH3 is 1. The fourth-order valence-corrected chi connectivity index (χ4v) is 2.64. The summed E-state index contributed by atoms with van der Waals surface area (Å²) in [6.07, 6.45) is 0.266. The van der Waals surface area contributed by atoms with Gasteiger partial charge in [-0.2, -0.15) is 0 Å². The topological polar surface area (TPSA) is 46.6 Å². The minimum absolute atomic E-state index is 0.125. The van der Waals surface area contributed by atoms with Gasteiger partial charge >= 0.3 is 0 Å². The van der Waals surface area contributed by atoms with Crippen molar-refractivity contribution in [3.63, 3.8) is 0 Å². The first-order valence-electron chi connectivity index (χ1n) is 6.02. The van der Waals surface area contributed by atoms with Crippen LogP contribution in [0.25, 0.3) is 0 Å². The molecule has 0 spiro atoms. The maximum absolute atomic E-state index is 12.2. The van der Waals surface area contributed by atoms with Gasteiger partial charge in [0.25, 0.3) is 0 Å². The third-order valence-electron chi connectivity index (χ3n) is 3.29. The molecule has 1 aromatic carbocycles. The van der Waals surface area contributed by atoms with Crippen LogP contribution in [0.2, 0.25) is 0 Å². The zero-order chi connectivity index (χ0) is 14.2. The van der Waals surface area contributed by atoms with Crippen LogP contribution >= 0.6 is 15.9 Å². The number of nitrogens with zero attached hydrogens (tertiary/aromatic N) is 1. The molecule has 19 heavy (non-hydrogen) atoms. The van der Waals surface area contributed by atoms with Crippen molar-refractivity contribution in [1.29, 1.82) is 0 Å². The van der Waals surface area contributed by atoms with Gasteiger partial charge in [0, 0.05) is 16.5 Å². The lowest BCUT2D eigenvalue weighted by atomic mass is 9.92. The second-order valence-electron chi connectivity index (χ2n) is 5.30. The van der Waals surface area contributed by atoms with Crippen molar-refractivity contribution >= 4 is 27.7 Å². The molecular formula is C14H16BrNO3. The van der Waals surface area contributed by atoms with E-state index in [0.717, 1.165) is 10.0 Å². The maximum Gasteiger partial charge on any atom is 0.235 e. The number of hydrogen-bond acceptors (Lipinski definition) is 3. The van der Waals surface area contributed by atoms with E-state index in [4.69, 9.17) is 4.74 Å². The monoisotopic (exact) mass is 325 g/mol. The van der Waals surface area contributed by atoms with Gasteiger partial charge in [-0.1, -0.05) is 29.8 Å². The Hall–Kier alpha value is -1.36. The molecule has 0 saturated carbocycles. The van der Waals surface area contributed by atoms with Gasteiger partial charge in [0.05, 0.1) is 19.1 Å². The number of rotatable bonds is 3. The van der Waals surface area contributed by atoms with Crippen LogP contribution in [-0.4, -0.2) is 23.8 Å². The minimum atomic E-state index is -0.601. The molecule has 0 N–H and O–H groups in total. The predicted molar refractivity (Wildman–Crippen MR) is 74.6 cm³/mol. The number of imide groups is 1. The molecule has 1 aliphatic heterocycles. The van der Waals surface area contributed by atoms with Crippen LogP contribution in [-0.2, 0) is 16.1 Å². The first-order chi connectivity index (χ1) is 8.85. The summed E-state index contributed by atoms with van der Waals surface area (Å²) in [7, 11) is 1.57. The van der Waals surface area contributed by atoms with Crippen LogP contribution in [0.3, 0.4) is 0 Å². The van der Waals surface area contributed by atoms with Gasteiger partial charge in [-0.3, -0.25) is 14.5 Å². The smallest absolute Gasteiger partial charge is 0.235 e. The van der Waals surface area contributed by atoms with Gasteiger partial charge in [-0.15, -0.1) is 0 Å². The molecule has 102 valence electrons. The van der Waals surface area contributed by atoms with Crippen LogP contribution < -0.4 is 4.74 Å². The predicted octanol–water partition coefficient (Wildman–Crippen LogP) is 2.74. The van der Waals surface area contributed by atoms with Crippen molar-refractivity contribution < 1.29 is 14.3 Å². The molecule has 0 atom stereocenters. The zero-order valence-electron chi connectivity index (χ0n) is 11.2. The number of ether oxygens (including phenoxy) is 1. The number of likely N-dealkylation sites (tertiary alicyclic amines) is 1. The van der Waals surface area contributed by atoms with E-state index in [1.807, 2.05) is 18.2 Å². The largest absolute Gasteiger partial charge is 0.496 e. The Morgan fingerprint density at radius 2 is 2.05 bits per heavy atom. The van der Waals surface area contributed by atoms with Crippen molar-refractivity contribution in [1.82, 2.24) is 4.90 Å². The van der Waals surface area contributed by atoms with Crippen molar-refractivity contribution in [3.05, 3.63) is 28.2 Å². The van der Waals surface area contributed by atoms with Crippen LogP contribution in [0.4, 0.5) is 0 Å². The Balaban J connectivity index is 2.29. The van der Waals surface area contributed by atoms with Gasteiger partial charge < -0.3 is 4.74 Å². The van der Waals surface area contributed by atoms with Crippen LogP contribution in [0.5, 0.6) is 5.75 Å². The highest BCUT2D eigenvalue weighted by Gasteiger charge is 2.44. The van der Waals surface area contributed by atoms with Crippen molar-refractivity contribution in [2.75, 3.05) is 7.11 Å². The normalized spacial score (nSPS) is 18.0. The molecule has 0 radical (unpaired) electrons. The lowest BCUT2D eigenvalue weighted by Crippen LogP contribution is -2.32. The fraction of sp³-hybridized carbons (Fsp3) is 0.429. The van der Waals surface area contributed by atoms with Gasteiger partial charge in [0.1, 0.15) is 5.75 Å². The molecular weight excluding hydrogens is 310 g/mol. The van der Waals surface area contributed by atoms with E-state index < -0.39 is 5.41 Å². The summed E-state index contributed by atoms with van der Waals surface area (Å²) >= 11 is 3.38. The number of hydrogen-bond donors (Lipinski definition) is 0. The Bertz CT molecular complexity index is 539. The Labute approximate surface area is 120 Å².